The van der Waals surface area contributed by atoms with Gasteiger partial charge in [-0.15, -0.1) is 0 Å². The lowest BCUT2D eigenvalue weighted by atomic mass is 10.0. The summed E-state index contributed by atoms with van der Waals surface area (Å²) in [5.74, 6) is -1.09. The third-order valence-electron chi connectivity index (χ3n) is 2.85. The number of carboxylic acid groups (broad SMARTS) is 1. The molecule has 124 valence electrons. The van der Waals surface area contributed by atoms with Gasteiger partial charge in [0.15, 0.2) is 0 Å². The van der Waals surface area contributed by atoms with Gasteiger partial charge >= 0.3 is 12.1 Å². The Bertz CT molecular complexity index is 653. The van der Waals surface area contributed by atoms with E-state index in [-0.39, 0.29) is 12.8 Å². The van der Waals surface area contributed by atoms with E-state index in [0.717, 1.165) is 18.2 Å². The molecule has 0 atom stereocenters. The van der Waals surface area contributed by atoms with E-state index in [1.165, 1.54) is 13.8 Å². The first-order valence-corrected chi connectivity index (χ1v) is 7.75. The van der Waals surface area contributed by atoms with Gasteiger partial charge < -0.3 is 5.11 Å². The van der Waals surface area contributed by atoms with Gasteiger partial charge in [0.05, 0.1) is 10.5 Å². The van der Waals surface area contributed by atoms with Crippen LogP contribution in [0.15, 0.2) is 29.2 Å². The molecule has 1 aromatic carbocycles. The predicted octanol–water partition coefficient (Wildman–Crippen LogP) is 2.63. The molecular formula is C13H16F3NO4S. The number of hydrogen-bond donors (Lipinski definition) is 2. The Balaban J connectivity index is 3.02. The van der Waals surface area contributed by atoms with Gasteiger partial charge in [-0.2, -0.15) is 13.2 Å². The van der Waals surface area contributed by atoms with Crippen molar-refractivity contribution in [2.45, 2.75) is 43.3 Å². The average Bonchev–Trinajstić information content (AvgIpc) is 2.34. The average molecular weight is 339 g/mol. The highest BCUT2D eigenvalue weighted by molar-refractivity contribution is 7.89. The van der Waals surface area contributed by atoms with Crippen molar-refractivity contribution in [3.8, 4) is 0 Å². The number of carboxylic acids is 1. The van der Waals surface area contributed by atoms with Gasteiger partial charge in [-0.05, 0) is 38.5 Å². The minimum absolute atomic E-state index is 0.000521. The van der Waals surface area contributed by atoms with Crippen molar-refractivity contribution in [2.75, 3.05) is 0 Å². The maximum atomic E-state index is 12.6. The molecule has 0 saturated heterocycles. The maximum absolute atomic E-state index is 12.6. The van der Waals surface area contributed by atoms with Gasteiger partial charge in [-0.1, -0.05) is 6.07 Å². The topological polar surface area (TPSA) is 83.5 Å². The number of carbonyl (C=O) groups is 1. The van der Waals surface area contributed by atoms with Crippen molar-refractivity contribution in [2.24, 2.45) is 0 Å². The fourth-order valence-electron chi connectivity index (χ4n) is 1.73. The zero-order valence-electron chi connectivity index (χ0n) is 11.9. The molecule has 0 spiro atoms. The molecule has 5 nitrogen and oxygen atoms in total. The molecule has 0 radical (unpaired) electrons. The van der Waals surface area contributed by atoms with E-state index in [1.54, 1.807) is 0 Å². The van der Waals surface area contributed by atoms with Gasteiger partial charge in [0.2, 0.25) is 10.0 Å². The van der Waals surface area contributed by atoms with Crippen LogP contribution in [0.3, 0.4) is 0 Å². The Kier molecular flexibility index (Phi) is 5.24. The molecule has 0 bridgehead atoms. The zero-order chi connectivity index (χ0) is 17.2. The number of halogens is 3. The van der Waals surface area contributed by atoms with Crippen molar-refractivity contribution in [3.63, 3.8) is 0 Å². The van der Waals surface area contributed by atoms with E-state index in [0.29, 0.717) is 6.07 Å². The molecule has 0 fully saturated rings. The summed E-state index contributed by atoms with van der Waals surface area (Å²) in [6.07, 6.45) is -4.91. The van der Waals surface area contributed by atoms with Gasteiger partial charge in [0, 0.05) is 12.0 Å². The molecule has 9 heteroatoms. The van der Waals surface area contributed by atoms with Crippen molar-refractivity contribution in [1.29, 1.82) is 0 Å². The summed E-state index contributed by atoms with van der Waals surface area (Å²) in [5, 5.41) is 8.62. The summed E-state index contributed by atoms with van der Waals surface area (Å²) >= 11 is 0. The molecule has 0 aliphatic heterocycles. The highest BCUT2D eigenvalue weighted by Gasteiger charge is 2.33. The summed E-state index contributed by atoms with van der Waals surface area (Å²) < 4.78 is 64.4. The van der Waals surface area contributed by atoms with Crippen LogP contribution >= 0.6 is 0 Å². The van der Waals surface area contributed by atoms with Crippen LogP contribution in [0, 0.1) is 0 Å². The highest BCUT2D eigenvalue weighted by Crippen LogP contribution is 2.30. The first-order chi connectivity index (χ1) is 9.83. The predicted molar refractivity (Wildman–Crippen MR) is 72.7 cm³/mol. The van der Waals surface area contributed by atoms with Crippen LogP contribution in [0.4, 0.5) is 13.2 Å². The van der Waals surface area contributed by atoms with E-state index in [4.69, 9.17) is 5.11 Å². The van der Waals surface area contributed by atoms with Crippen molar-refractivity contribution in [1.82, 2.24) is 4.72 Å². The number of aliphatic carboxylic acids is 1. The maximum Gasteiger partial charge on any atom is 0.416 e. The van der Waals surface area contributed by atoms with Crippen LogP contribution < -0.4 is 4.72 Å². The second-order valence-electron chi connectivity index (χ2n) is 5.41. The van der Waals surface area contributed by atoms with Crippen LogP contribution in [0.25, 0.3) is 0 Å². The monoisotopic (exact) mass is 339 g/mol. The van der Waals surface area contributed by atoms with E-state index in [9.17, 15) is 26.4 Å². The number of rotatable bonds is 6. The normalized spacial score (nSPS) is 13.1. The number of alkyl halides is 3. The van der Waals surface area contributed by atoms with E-state index in [2.05, 4.69) is 4.72 Å². The first kappa shape index (κ1) is 18.4. The van der Waals surface area contributed by atoms with E-state index in [1.807, 2.05) is 0 Å². The quantitative estimate of drug-likeness (QED) is 0.834. The van der Waals surface area contributed by atoms with Gasteiger partial charge in [-0.25, -0.2) is 13.1 Å². The van der Waals surface area contributed by atoms with Gasteiger partial charge in [0.1, 0.15) is 0 Å². The van der Waals surface area contributed by atoms with Crippen LogP contribution in [0.1, 0.15) is 32.3 Å². The van der Waals surface area contributed by atoms with Crippen LogP contribution in [-0.4, -0.2) is 25.0 Å². The van der Waals surface area contributed by atoms with Crippen LogP contribution in [-0.2, 0) is 21.0 Å². The minimum atomic E-state index is -4.65. The minimum Gasteiger partial charge on any atom is -0.481 e. The SMILES string of the molecule is CC(C)(CCC(=O)O)NS(=O)(=O)c1cccc(C(F)(F)F)c1. The molecule has 1 rings (SSSR count). The number of sulfonamides is 1. The number of hydrogen-bond acceptors (Lipinski definition) is 3. The second-order valence-corrected chi connectivity index (χ2v) is 7.09. The molecule has 0 aliphatic carbocycles. The second kappa shape index (κ2) is 6.25. The molecule has 0 aromatic heterocycles. The third-order valence-corrected chi connectivity index (χ3v) is 4.54. The molecular weight excluding hydrogens is 323 g/mol. The number of nitrogens with one attached hydrogen (secondary N) is 1. The van der Waals surface area contributed by atoms with Crippen LogP contribution in [0.2, 0.25) is 0 Å². The molecule has 0 heterocycles. The summed E-state index contributed by atoms with van der Waals surface area (Å²) in [6, 6.07) is 3.36. The standard InChI is InChI=1S/C13H16F3NO4S/c1-12(2,7-6-11(18)19)17-22(20,21)10-5-3-4-9(8-10)13(14,15)16/h3-5,8,17H,6-7H2,1-2H3,(H,18,19). The highest BCUT2D eigenvalue weighted by atomic mass is 32.2. The smallest absolute Gasteiger partial charge is 0.416 e. The van der Waals surface area contributed by atoms with E-state index >= 15 is 0 Å². The zero-order valence-corrected chi connectivity index (χ0v) is 12.8. The molecule has 0 unspecified atom stereocenters. The molecule has 1 aromatic rings. The summed E-state index contributed by atoms with van der Waals surface area (Å²) in [5.41, 5.74) is -2.18. The van der Waals surface area contributed by atoms with Crippen molar-refractivity contribution >= 4 is 16.0 Å². The van der Waals surface area contributed by atoms with E-state index < -0.39 is 38.2 Å². The lowest BCUT2D eigenvalue weighted by Crippen LogP contribution is -2.43. The molecule has 22 heavy (non-hydrogen) atoms. The fourth-order valence-corrected chi connectivity index (χ4v) is 3.22. The van der Waals surface area contributed by atoms with Crippen LogP contribution in [0.5, 0.6) is 0 Å². The third kappa shape index (κ3) is 5.30. The first-order valence-electron chi connectivity index (χ1n) is 6.26. The van der Waals surface area contributed by atoms with Gasteiger partial charge in [-0.3, -0.25) is 4.79 Å². The Hall–Kier alpha value is -1.61. The molecule has 0 aliphatic rings. The molecule has 0 saturated carbocycles. The Morgan fingerprint density at radius 1 is 1.27 bits per heavy atom. The Morgan fingerprint density at radius 3 is 2.36 bits per heavy atom. The van der Waals surface area contributed by atoms with Gasteiger partial charge in [0.25, 0.3) is 0 Å². The van der Waals surface area contributed by atoms with Crippen molar-refractivity contribution < 1.29 is 31.5 Å². The largest absolute Gasteiger partial charge is 0.481 e. The lowest BCUT2D eigenvalue weighted by molar-refractivity contribution is -0.138. The molecule has 0 amide bonds. The summed E-state index contributed by atoms with van der Waals surface area (Å²) in [6.45, 7) is 2.92. The fraction of sp³-hybridized carbons (Fsp3) is 0.462. The number of benzene rings is 1. The molecule has 2 N–H and O–H groups in total. The van der Waals surface area contributed by atoms with Crippen molar-refractivity contribution in [3.05, 3.63) is 29.8 Å². The summed E-state index contributed by atoms with van der Waals surface area (Å²) in [4.78, 5) is 10.0. The lowest BCUT2D eigenvalue weighted by Gasteiger charge is -2.25. The Morgan fingerprint density at radius 2 is 1.86 bits per heavy atom. The summed E-state index contributed by atoms with van der Waals surface area (Å²) in [7, 11) is -4.19. The Labute approximate surface area is 126 Å².